The predicted octanol–water partition coefficient (Wildman–Crippen LogP) is 4.71. The Labute approximate surface area is 200 Å². The van der Waals surface area contributed by atoms with Crippen molar-refractivity contribution in [2.75, 3.05) is 31.1 Å². The maximum Gasteiger partial charge on any atom is 0.213 e. The lowest BCUT2D eigenvalue weighted by Crippen LogP contribution is -2.32. The molecule has 0 bridgehead atoms. The van der Waals surface area contributed by atoms with E-state index in [-0.39, 0.29) is 0 Å². The lowest BCUT2D eigenvalue weighted by molar-refractivity contribution is 0.279. The summed E-state index contributed by atoms with van der Waals surface area (Å²) < 4.78 is 4.32. The van der Waals surface area contributed by atoms with E-state index >= 15 is 0 Å². The smallest absolute Gasteiger partial charge is 0.213 e. The molecule has 6 rings (SSSR count). The molecule has 168 valence electrons. The molecule has 0 atom stereocenters. The van der Waals surface area contributed by atoms with E-state index in [2.05, 4.69) is 65.8 Å². The molecule has 1 aliphatic heterocycles. The van der Waals surface area contributed by atoms with Gasteiger partial charge in [0.15, 0.2) is 11.5 Å². The Morgan fingerprint density at radius 1 is 1.03 bits per heavy atom. The van der Waals surface area contributed by atoms with Gasteiger partial charge >= 0.3 is 0 Å². The number of anilines is 1. The second kappa shape index (κ2) is 8.44. The van der Waals surface area contributed by atoms with Gasteiger partial charge in [0.1, 0.15) is 0 Å². The molecule has 5 aromatic rings. The van der Waals surface area contributed by atoms with Crippen LogP contribution in [-0.2, 0) is 13.6 Å². The zero-order chi connectivity index (χ0) is 22.4. The van der Waals surface area contributed by atoms with Gasteiger partial charge in [0, 0.05) is 62.1 Å². The van der Waals surface area contributed by atoms with Crippen molar-refractivity contribution >= 4 is 45.4 Å². The Hall–Kier alpha value is -2.94. The van der Waals surface area contributed by atoms with Crippen molar-refractivity contribution < 1.29 is 0 Å². The molecule has 9 heteroatoms. The van der Waals surface area contributed by atoms with Crippen LogP contribution in [0, 0.1) is 0 Å². The van der Waals surface area contributed by atoms with Crippen molar-refractivity contribution in [1.82, 2.24) is 29.0 Å². The highest BCUT2D eigenvalue weighted by Crippen LogP contribution is 2.31. The van der Waals surface area contributed by atoms with Gasteiger partial charge < -0.3 is 9.47 Å². The van der Waals surface area contributed by atoms with E-state index in [1.54, 1.807) is 11.3 Å². The summed E-state index contributed by atoms with van der Waals surface area (Å²) in [5.74, 6) is 1.72. The van der Waals surface area contributed by atoms with Crippen molar-refractivity contribution in [2.24, 2.45) is 7.05 Å². The Kier molecular flexibility index (Phi) is 5.28. The molecular weight excluding hydrogens is 454 g/mol. The summed E-state index contributed by atoms with van der Waals surface area (Å²) in [6.07, 6.45) is 3.18. The van der Waals surface area contributed by atoms with Gasteiger partial charge in [-0.1, -0.05) is 17.7 Å². The number of halogens is 1. The molecule has 0 N–H and O–H groups in total. The van der Waals surface area contributed by atoms with Gasteiger partial charge in [-0.25, -0.2) is 9.38 Å². The predicted molar refractivity (Wildman–Crippen MR) is 134 cm³/mol. The normalized spacial score (nSPS) is 15.5. The highest BCUT2D eigenvalue weighted by Gasteiger charge is 2.23. The molecule has 5 heterocycles. The molecule has 4 aromatic heterocycles. The average Bonchev–Trinajstić information content (AvgIpc) is 3.53. The Morgan fingerprint density at radius 2 is 1.97 bits per heavy atom. The van der Waals surface area contributed by atoms with E-state index in [1.807, 2.05) is 24.3 Å². The maximum atomic E-state index is 6.32. The molecule has 0 amide bonds. The van der Waals surface area contributed by atoms with Crippen LogP contribution in [0.1, 0.15) is 12.1 Å². The molecule has 1 aromatic carbocycles. The van der Waals surface area contributed by atoms with E-state index in [0.717, 1.165) is 72.3 Å². The van der Waals surface area contributed by atoms with Crippen LogP contribution < -0.4 is 4.90 Å². The standard InChI is InChI=1S/C24H24ClN7S/c1-29-9-2-5-18(29)16-30-10-4-11-31(13-12-30)24-26-20-15-17(25)7-8-19(20)22-27-28-23(32(22)24)21-6-3-14-33-21/h2-3,5-9,14-15H,4,10-13,16H2,1H3. The molecule has 33 heavy (non-hydrogen) atoms. The van der Waals surface area contributed by atoms with E-state index in [9.17, 15) is 0 Å². The lowest BCUT2D eigenvalue weighted by Gasteiger charge is -2.24. The summed E-state index contributed by atoms with van der Waals surface area (Å²) in [6, 6.07) is 14.2. The highest BCUT2D eigenvalue weighted by molar-refractivity contribution is 7.13. The SMILES string of the molecule is Cn1cccc1CN1CCCN(c2nc3cc(Cl)ccc3c3nnc(-c4cccs4)n23)CC1. The Balaban J connectivity index is 1.41. The van der Waals surface area contributed by atoms with Crippen LogP contribution in [-0.4, -0.2) is 55.2 Å². The minimum absolute atomic E-state index is 0.674. The van der Waals surface area contributed by atoms with Gasteiger partial charge in [-0.05, 0) is 48.2 Å². The molecule has 7 nitrogen and oxygen atoms in total. The summed E-state index contributed by atoms with van der Waals surface area (Å²) in [5, 5.41) is 12.9. The molecule has 0 aliphatic carbocycles. The number of rotatable bonds is 4. The summed E-state index contributed by atoms with van der Waals surface area (Å²) in [5.41, 5.74) is 3.00. The zero-order valence-electron chi connectivity index (χ0n) is 18.4. The number of thiophene rings is 1. The van der Waals surface area contributed by atoms with Crippen LogP contribution in [0.15, 0.2) is 54.0 Å². The van der Waals surface area contributed by atoms with E-state index < -0.39 is 0 Å². The first-order valence-electron chi connectivity index (χ1n) is 11.1. The van der Waals surface area contributed by atoms with Crippen LogP contribution in [0.3, 0.4) is 0 Å². The lowest BCUT2D eigenvalue weighted by atomic mass is 10.2. The summed E-state index contributed by atoms with van der Waals surface area (Å²) in [6.45, 7) is 4.81. The second-order valence-corrected chi connectivity index (χ2v) is 9.84. The third kappa shape index (κ3) is 3.78. The zero-order valence-corrected chi connectivity index (χ0v) is 19.9. The summed E-state index contributed by atoms with van der Waals surface area (Å²) in [4.78, 5) is 11.1. The third-order valence-corrected chi connectivity index (χ3v) is 7.43. The van der Waals surface area contributed by atoms with Gasteiger partial charge in [0.25, 0.3) is 0 Å². The number of fused-ring (bicyclic) bond motifs is 3. The fraction of sp³-hybridized carbons (Fsp3) is 0.292. The average molecular weight is 478 g/mol. The van der Waals surface area contributed by atoms with Crippen LogP contribution in [0.25, 0.3) is 27.3 Å². The largest absolute Gasteiger partial charge is 0.353 e. The topological polar surface area (TPSA) is 54.5 Å². The quantitative estimate of drug-likeness (QED) is 0.375. The van der Waals surface area contributed by atoms with E-state index in [1.165, 1.54) is 5.69 Å². The second-order valence-electron chi connectivity index (χ2n) is 8.46. The van der Waals surface area contributed by atoms with Gasteiger partial charge in [-0.2, -0.15) is 0 Å². The summed E-state index contributed by atoms with van der Waals surface area (Å²) in [7, 11) is 2.11. The minimum atomic E-state index is 0.674. The monoisotopic (exact) mass is 477 g/mol. The minimum Gasteiger partial charge on any atom is -0.353 e. The first-order valence-corrected chi connectivity index (χ1v) is 12.4. The molecule has 0 spiro atoms. The van der Waals surface area contributed by atoms with Crippen molar-refractivity contribution in [2.45, 2.75) is 13.0 Å². The fourth-order valence-corrected chi connectivity index (χ4v) is 5.45. The summed E-state index contributed by atoms with van der Waals surface area (Å²) >= 11 is 7.98. The van der Waals surface area contributed by atoms with Crippen LogP contribution in [0.5, 0.6) is 0 Å². The Morgan fingerprint density at radius 3 is 2.79 bits per heavy atom. The Bertz CT molecular complexity index is 1420. The maximum absolute atomic E-state index is 6.32. The van der Waals surface area contributed by atoms with E-state index in [0.29, 0.717) is 5.02 Å². The van der Waals surface area contributed by atoms with Gasteiger partial charge in [0.2, 0.25) is 5.95 Å². The molecule has 0 saturated carbocycles. The first-order chi connectivity index (χ1) is 16.2. The third-order valence-electron chi connectivity index (χ3n) is 6.33. The van der Waals surface area contributed by atoms with Gasteiger partial charge in [0.05, 0.1) is 10.4 Å². The number of aryl methyl sites for hydroxylation is 1. The molecule has 0 unspecified atom stereocenters. The number of benzene rings is 1. The molecule has 0 radical (unpaired) electrons. The van der Waals surface area contributed by atoms with Crippen LogP contribution in [0.4, 0.5) is 5.95 Å². The fourth-order valence-electron chi connectivity index (χ4n) is 4.59. The van der Waals surface area contributed by atoms with Crippen molar-refractivity contribution in [3.05, 3.63) is 64.8 Å². The van der Waals surface area contributed by atoms with Crippen LogP contribution in [0.2, 0.25) is 5.02 Å². The molecular formula is C24H24ClN7S. The molecule has 1 saturated heterocycles. The number of hydrogen-bond acceptors (Lipinski definition) is 6. The van der Waals surface area contributed by atoms with Crippen molar-refractivity contribution in [3.8, 4) is 10.7 Å². The first kappa shape index (κ1) is 20.7. The number of aromatic nitrogens is 5. The highest BCUT2D eigenvalue weighted by atomic mass is 35.5. The van der Waals surface area contributed by atoms with E-state index in [4.69, 9.17) is 16.6 Å². The van der Waals surface area contributed by atoms with Crippen LogP contribution >= 0.6 is 22.9 Å². The van der Waals surface area contributed by atoms with Crippen molar-refractivity contribution in [1.29, 1.82) is 0 Å². The number of hydrogen-bond donors (Lipinski definition) is 0. The number of nitrogens with zero attached hydrogens (tertiary/aromatic N) is 7. The van der Waals surface area contributed by atoms with Crippen molar-refractivity contribution in [3.63, 3.8) is 0 Å². The molecule has 1 fully saturated rings. The van der Waals surface area contributed by atoms with Gasteiger partial charge in [-0.3, -0.25) is 4.90 Å². The molecule has 1 aliphatic rings. The van der Waals surface area contributed by atoms with Gasteiger partial charge in [-0.15, -0.1) is 21.5 Å².